The molecule has 0 unspecified atom stereocenters. The topological polar surface area (TPSA) is 40.8 Å². The molecule has 4 heteroatoms. The van der Waals surface area contributed by atoms with Gasteiger partial charge in [0, 0.05) is 36.5 Å². The number of thiophene rings is 1. The van der Waals surface area contributed by atoms with E-state index in [9.17, 15) is 5.41 Å². The summed E-state index contributed by atoms with van der Waals surface area (Å²) in [7, 11) is 0. The molecule has 2 aromatic heterocycles. The van der Waals surface area contributed by atoms with Crippen molar-refractivity contribution in [2.45, 2.75) is 0 Å². The first-order valence-corrected chi connectivity index (χ1v) is 17.3. The lowest BCUT2D eigenvalue weighted by Gasteiger charge is -2.16. The Morgan fingerprint density at radius 3 is 1.96 bits per heavy atom. The molecular formula is C45H31N3S. The molecule has 7 aromatic carbocycles. The average molecular weight is 646 g/mol. The molecule has 2 heterocycles. The van der Waals surface area contributed by atoms with Crippen molar-refractivity contribution in [1.29, 1.82) is 5.41 Å². The lowest BCUT2D eigenvalue weighted by molar-refractivity contribution is 1.06. The first kappa shape index (κ1) is 29.0. The minimum atomic E-state index is 0.461. The first-order chi connectivity index (χ1) is 24.2. The van der Waals surface area contributed by atoms with Gasteiger partial charge in [-0.1, -0.05) is 146 Å². The zero-order chi connectivity index (χ0) is 32.7. The van der Waals surface area contributed by atoms with Gasteiger partial charge in [-0.25, -0.2) is 0 Å². The lowest BCUT2D eigenvalue weighted by atomic mass is 9.98. The lowest BCUT2D eigenvalue weighted by Crippen LogP contribution is -2.14. The summed E-state index contributed by atoms with van der Waals surface area (Å²) in [5.41, 5.74) is 13.9. The van der Waals surface area contributed by atoms with Crippen LogP contribution in [0, 0.1) is 5.41 Å². The SMILES string of the molecule is N=C(/C=C(\Nn1c2ccccc2c2ccc(-c3cccc(-c4ccccc4)c3)cc21)c1ccccc1)c1cccc2c1sc1ccccc12. The summed E-state index contributed by atoms with van der Waals surface area (Å²) < 4.78 is 4.55. The number of hydrogen-bond acceptors (Lipinski definition) is 3. The largest absolute Gasteiger partial charge is 0.300 e. The highest BCUT2D eigenvalue weighted by atomic mass is 32.1. The van der Waals surface area contributed by atoms with Crippen LogP contribution < -0.4 is 5.43 Å². The van der Waals surface area contributed by atoms with Gasteiger partial charge in [-0.05, 0) is 58.2 Å². The van der Waals surface area contributed by atoms with E-state index in [0.717, 1.165) is 43.7 Å². The van der Waals surface area contributed by atoms with Crippen LogP contribution in [0.3, 0.4) is 0 Å². The van der Waals surface area contributed by atoms with E-state index in [1.807, 2.05) is 24.3 Å². The van der Waals surface area contributed by atoms with Crippen LogP contribution >= 0.6 is 11.3 Å². The molecule has 2 N–H and O–H groups in total. The van der Waals surface area contributed by atoms with Gasteiger partial charge in [0.15, 0.2) is 0 Å². The van der Waals surface area contributed by atoms with E-state index in [-0.39, 0.29) is 0 Å². The maximum Gasteiger partial charge on any atom is 0.0716 e. The van der Waals surface area contributed by atoms with E-state index < -0.39 is 0 Å². The van der Waals surface area contributed by atoms with Crippen molar-refractivity contribution >= 4 is 64.7 Å². The Hall–Kier alpha value is -6.23. The number of fused-ring (bicyclic) bond motifs is 6. The van der Waals surface area contributed by atoms with Gasteiger partial charge in [0.1, 0.15) is 0 Å². The number of allylic oxidation sites excluding steroid dienone is 1. The molecule has 0 aliphatic heterocycles. The van der Waals surface area contributed by atoms with Gasteiger partial charge in [-0.15, -0.1) is 11.3 Å². The maximum atomic E-state index is 9.44. The van der Waals surface area contributed by atoms with Crippen LogP contribution in [0.4, 0.5) is 0 Å². The fourth-order valence-electron chi connectivity index (χ4n) is 6.88. The van der Waals surface area contributed by atoms with Crippen molar-refractivity contribution in [3.8, 4) is 22.3 Å². The van der Waals surface area contributed by atoms with Crippen molar-refractivity contribution in [2.24, 2.45) is 0 Å². The van der Waals surface area contributed by atoms with Gasteiger partial charge in [-0.2, -0.15) is 0 Å². The molecule has 0 spiro atoms. The molecule has 49 heavy (non-hydrogen) atoms. The third-order valence-electron chi connectivity index (χ3n) is 9.28. The predicted octanol–water partition coefficient (Wildman–Crippen LogP) is 12.1. The van der Waals surface area contributed by atoms with Gasteiger partial charge in [0.05, 0.1) is 22.4 Å². The second-order valence-electron chi connectivity index (χ2n) is 12.3. The van der Waals surface area contributed by atoms with Crippen molar-refractivity contribution < 1.29 is 0 Å². The number of nitrogens with one attached hydrogen (secondary N) is 2. The Labute approximate surface area is 288 Å². The van der Waals surface area contributed by atoms with E-state index in [1.54, 1.807) is 11.3 Å². The third-order valence-corrected chi connectivity index (χ3v) is 10.5. The molecule has 0 bridgehead atoms. The van der Waals surface area contributed by atoms with Crippen LogP contribution in [0.15, 0.2) is 176 Å². The minimum Gasteiger partial charge on any atom is -0.300 e. The fraction of sp³-hybridized carbons (Fsp3) is 0. The predicted molar refractivity (Wildman–Crippen MR) is 210 cm³/mol. The molecule has 232 valence electrons. The van der Waals surface area contributed by atoms with Crippen LogP contribution in [-0.2, 0) is 0 Å². The number of aromatic nitrogens is 1. The molecule has 9 rings (SSSR count). The highest BCUT2D eigenvalue weighted by molar-refractivity contribution is 7.26. The third kappa shape index (κ3) is 5.20. The van der Waals surface area contributed by atoms with Crippen LogP contribution in [-0.4, -0.2) is 10.4 Å². The van der Waals surface area contributed by atoms with E-state index in [0.29, 0.717) is 5.71 Å². The van der Waals surface area contributed by atoms with E-state index >= 15 is 0 Å². The van der Waals surface area contributed by atoms with Crippen LogP contribution in [0.25, 0.3) is 69.9 Å². The van der Waals surface area contributed by atoms with Crippen molar-refractivity contribution in [1.82, 2.24) is 4.68 Å². The summed E-state index contributed by atoms with van der Waals surface area (Å²) >= 11 is 1.75. The summed E-state index contributed by atoms with van der Waals surface area (Å²) in [5.74, 6) is 0. The molecule has 0 amide bonds. The zero-order valence-electron chi connectivity index (χ0n) is 26.6. The maximum absolute atomic E-state index is 9.44. The Bertz CT molecular complexity index is 2700. The number of nitrogens with zero attached hydrogens (tertiary/aromatic N) is 1. The molecular weight excluding hydrogens is 615 g/mol. The number of rotatable bonds is 7. The van der Waals surface area contributed by atoms with Crippen LogP contribution in [0.5, 0.6) is 0 Å². The summed E-state index contributed by atoms with van der Waals surface area (Å²) in [5, 5.41) is 14.2. The summed E-state index contributed by atoms with van der Waals surface area (Å²) in [4.78, 5) is 0. The summed E-state index contributed by atoms with van der Waals surface area (Å²) in [6.45, 7) is 0. The van der Waals surface area contributed by atoms with Crippen LogP contribution in [0.1, 0.15) is 11.1 Å². The van der Waals surface area contributed by atoms with Crippen molar-refractivity contribution in [2.75, 3.05) is 5.43 Å². The van der Waals surface area contributed by atoms with Gasteiger partial charge in [0.25, 0.3) is 0 Å². The molecule has 0 saturated carbocycles. The monoisotopic (exact) mass is 645 g/mol. The Balaban J connectivity index is 1.18. The first-order valence-electron chi connectivity index (χ1n) is 16.4. The second-order valence-corrected chi connectivity index (χ2v) is 13.3. The van der Waals surface area contributed by atoms with E-state index in [1.165, 1.54) is 37.4 Å². The summed E-state index contributed by atoms with van der Waals surface area (Å²) in [6.07, 6.45) is 1.97. The van der Waals surface area contributed by atoms with Gasteiger partial charge < -0.3 is 5.41 Å². The zero-order valence-corrected chi connectivity index (χ0v) is 27.4. The molecule has 0 aliphatic rings. The Morgan fingerprint density at radius 2 is 1.12 bits per heavy atom. The average Bonchev–Trinajstić information content (AvgIpc) is 3.70. The number of hydrogen-bond donors (Lipinski definition) is 2. The Morgan fingerprint density at radius 1 is 0.510 bits per heavy atom. The molecule has 3 nitrogen and oxygen atoms in total. The van der Waals surface area contributed by atoms with E-state index in [4.69, 9.17) is 0 Å². The molecule has 9 aromatic rings. The standard InChI is InChI=1S/C45H31N3S/c46-40(39-22-12-21-38-37-20-8-10-24-44(37)49-45(38)39)29-41(31-15-5-2-6-16-31)47-48-42-23-9-7-19-35(42)36-26-25-34(28-43(36)48)33-18-11-17-32(27-33)30-13-3-1-4-14-30/h1-29,46-47H/b41-29-,46-40?. The number of benzene rings is 7. The normalized spacial score (nSPS) is 11.9. The molecule has 0 fully saturated rings. The highest BCUT2D eigenvalue weighted by Gasteiger charge is 2.16. The molecule has 0 radical (unpaired) electrons. The molecule has 0 aliphatic carbocycles. The van der Waals surface area contributed by atoms with Crippen molar-refractivity contribution in [3.05, 3.63) is 187 Å². The molecule has 0 saturated heterocycles. The van der Waals surface area contributed by atoms with Gasteiger partial charge in [0.2, 0.25) is 0 Å². The minimum absolute atomic E-state index is 0.461. The van der Waals surface area contributed by atoms with Crippen LogP contribution in [0.2, 0.25) is 0 Å². The van der Waals surface area contributed by atoms with Gasteiger partial charge >= 0.3 is 0 Å². The summed E-state index contributed by atoms with van der Waals surface area (Å²) in [6, 6.07) is 59.6. The number of para-hydroxylation sites is 1. The highest BCUT2D eigenvalue weighted by Crippen LogP contribution is 2.37. The fourth-order valence-corrected chi connectivity index (χ4v) is 8.11. The quantitative estimate of drug-likeness (QED) is 0.166. The molecule has 0 atom stereocenters. The van der Waals surface area contributed by atoms with E-state index in [2.05, 4.69) is 162 Å². The smallest absolute Gasteiger partial charge is 0.0716 e. The Kier molecular flexibility index (Phi) is 7.15. The second kappa shape index (κ2) is 12.1. The van der Waals surface area contributed by atoms with Gasteiger partial charge in [-0.3, -0.25) is 10.1 Å². The van der Waals surface area contributed by atoms with Crippen molar-refractivity contribution in [3.63, 3.8) is 0 Å².